The summed E-state index contributed by atoms with van der Waals surface area (Å²) in [5.41, 5.74) is 6.88. The highest BCUT2D eigenvalue weighted by Gasteiger charge is 2.13. The van der Waals surface area contributed by atoms with Gasteiger partial charge in [-0.1, -0.05) is 0 Å². The highest BCUT2D eigenvalue weighted by Crippen LogP contribution is 2.25. The van der Waals surface area contributed by atoms with Crippen molar-refractivity contribution < 1.29 is 18.3 Å². The maximum absolute atomic E-state index is 12.5. The van der Waals surface area contributed by atoms with Crippen molar-refractivity contribution >= 4 is 23.0 Å². The molecule has 2 rings (SSSR count). The lowest BCUT2D eigenvalue weighted by atomic mass is 10.3. The minimum Gasteiger partial charge on any atom is -0.489 e. The minimum atomic E-state index is -0.147. The highest BCUT2D eigenvalue weighted by molar-refractivity contribution is 5.81. The smallest absolute Gasteiger partial charge is 0.298 e. The lowest BCUT2D eigenvalue weighted by Gasteiger charge is -2.12. The monoisotopic (exact) mass is 322 g/mol. The number of ether oxygens (including phenoxy) is 1. The number of nitrogens with one attached hydrogen (secondary N) is 1. The Hall–Kier alpha value is -2.61. The van der Waals surface area contributed by atoms with Gasteiger partial charge < -0.3 is 25.1 Å². The largest absolute Gasteiger partial charge is 0.489 e. The molecule has 7 nitrogen and oxygen atoms in total. The zero-order valence-electron chi connectivity index (χ0n) is 13.0. The van der Waals surface area contributed by atoms with Gasteiger partial charge in [-0.25, -0.2) is 4.39 Å². The predicted molar refractivity (Wildman–Crippen MR) is 85.1 cm³/mol. The molecule has 1 aromatic carbocycles. The normalized spacial score (nSPS) is 11.6. The van der Waals surface area contributed by atoms with Crippen molar-refractivity contribution in [3.8, 4) is 5.75 Å². The molecule has 124 valence electrons. The molecule has 0 aliphatic heterocycles. The van der Waals surface area contributed by atoms with E-state index >= 15 is 0 Å². The van der Waals surface area contributed by atoms with Crippen LogP contribution in [0, 0.1) is 0 Å². The molecule has 0 fully saturated rings. The van der Waals surface area contributed by atoms with E-state index in [9.17, 15) is 9.18 Å². The van der Waals surface area contributed by atoms with Crippen LogP contribution in [0.1, 0.15) is 0 Å². The van der Waals surface area contributed by atoms with Gasteiger partial charge in [0.05, 0.1) is 6.33 Å². The molecule has 1 aromatic heterocycles. The molecule has 3 N–H and O–H groups in total. The molecule has 1 heterocycles. The number of benzene rings is 1. The van der Waals surface area contributed by atoms with Gasteiger partial charge in [-0.05, 0) is 12.1 Å². The number of oxazole rings is 1. The van der Waals surface area contributed by atoms with Crippen molar-refractivity contribution in [2.75, 3.05) is 38.7 Å². The fourth-order valence-corrected chi connectivity index (χ4v) is 1.82. The van der Waals surface area contributed by atoms with Crippen molar-refractivity contribution in [3.63, 3.8) is 0 Å². The molecular formula is C15H19FN4O3. The predicted octanol–water partition coefficient (Wildman–Crippen LogP) is 1.20. The van der Waals surface area contributed by atoms with E-state index in [4.69, 9.17) is 14.9 Å². The van der Waals surface area contributed by atoms with Crippen molar-refractivity contribution in [2.45, 2.75) is 0 Å². The van der Waals surface area contributed by atoms with Crippen LogP contribution in [-0.2, 0) is 4.79 Å². The summed E-state index contributed by atoms with van der Waals surface area (Å²) in [7, 11) is 3.27. The van der Waals surface area contributed by atoms with Gasteiger partial charge in [0.25, 0.3) is 6.01 Å². The molecule has 23 heavy (non-hydrogen) atoms. The summed E-state index contributed by atoms with van der Waals surface area (Å²) in [4.78, 5) is 17.3. The molecule has 2 aromatic rings. The van der Waals surface area contributed by atoms with Gasteiger partial charge in [0, 0.05) is 32.3 Å². The van der Waals surface area contributed by atoms with Crippen LogP contribution in [0.25, 0.3) is 11.1 Å². The molecule has 0 saturated heterocycles. The molecule has 8 heteroatoms. The Morgan fingerprint density at radius 2 is 2.35 bits per heavy atom. The number of likely N-dealkylation sites (N-methyl/N-ethyl adjacent to an activating group) is 2. The van der Waals surface area contributed by atoms with E-state index in [-0.39, 0.29) is 25.6 Å². The number of carbonyl (C=O) groups is 1. The zero-order chi connectivity index (χ0) is 16.8. The maximum Gasteiger partial charge on any atom is 0.298 e. The number of nitrogens with two attached hydrogens (primary N) is 1. The lowest BCUT2D eigenvalue weighted by Crippen LogP contribution is -2.33. The molecule has 0 spiro atoms. The van der Waals surface area contributed by atoms with Gasteiger partial charge in [0.15, 0.2) is 5.58 Å². The Morgan fingerprint density at radius 1 is 1.57 bits per heavy atom. The Bertz CT molecular complexity index is 714. The van der Waals surface area contributed by atoms with E-state index < -0.39 is 0 Å². The van der Waals surface area contributed by atoms with Crippen LogP contribution in [-0.4, -0.2) is 44.7 Å². The van der Waals surface area contributed by atoms with Crippen molar-refractivity contribution in [2.24, 2.45) is 5.73 Å². The van der Waals surface area contributed by atoms with Gasteiger partial charge >= 0.3 is 0 Å². The first-order valence-electron chi connectivity index (χ1n) is 7.00. The third-order valence-corrected chi connectivity index (χ3v) is 3.18. The number of hydrogen-bond acceptors (Lipinski definition) is 6. The van der Waals surface area contributed by atoms with E-state index in [0.717, 1.165) is 0 Å². The molecule has 0 unspecified atom stereocenters. The van der Waals surface area contributed by atoms with Crippen LogP contribution in [0.15, 0.2) is 34.5 Å². The average molecular weight is 322 g/mol. The second kappa shape index (κ2) is 7.59. The summed E-state index contributed by atoms with van der Waals surface area (Å²) in [6, 6.07) is 5.42. The van der Waals surface area contributed by atoms with Gasteiger partial charge in [-0.3, -0.25) is 4.79 Å². The number of aromatic nitrogens is 1. The number of anilines is 1. The summed E-state index contributed by atoms with van der Waals surface area (Å²) in [6.07, 6.45) is 0.443. The lowest BCUT2D eigenvalue weighted by molar-refractivity contribution is -0.119. The number of halogens is 1. The molecule has 0 saturated carbocycles. The minimum absolute atomic E-state index is 0.0656. The molecule has 0 atom stereocenters. The number of nitrogens with zero attached hydrogens (tertiary/aromatic N) is 2. The van der Waals surface area contributed by atoms with Crippen molar-refractivity contribution in [1.82, 2.24) is 10.3 Å². The van der Waals surface area contributed by atoms with E-state index in [1.807, 2.05) is 0 Å². The number of fused-ring (bicyclic) bond motifs is 1. The summed E-state index contributed by atoms with van der Waals surface area (Å²) in [6.45, 7) is 0.291. The average Bonchev–Trinajstić information content (AvgIpc) is 2.99. The van der Waals surface area contributed by atoms with Crippen LogP contribution >= 0.6 is 0 Å². The third kappa shape index (κ3) is 4.19. The number of amides is 1. The molecule has 0 bridgehead atoms. The Kier molecular flexibility index (Phi) is 5.53. The molecular weight excluding hydrogens is 303 g/mol. The quantitative estimate of drug-likeness (QED) is 0.795. The van der Waals surface area contributed by atoms with Crippen LogP contribution in [0.3, 0.4) is 0 Å². The van der Waals surface area contributed by atoms with E-state index in [2.05, 4.69) is 10.3 Å². The topological polar surface area (TPSA) is 93.6 Å². The first-order valence-corrected chi connectivity index (χ1v) is 7.00. The maximum atomic E-state index is 12.5. The molecule has 0 aliphatic carbocycles. The Morgan fingerprint density at radius 3 is 3.00 bits per heavy atom. The number of rotatable bonds is 7. The van der Waals surface area contributed by atoms with Crippen molar-refractivity contribution in [1.29, 1.82) is 0 Å². The molecule has 0 aliphatic rings. The molecule has 1 amide bonds. The van der Waals surface area contributed by atoms with Gasteiger partial charge in [-0.2, -0.15) is 4.98 Å². The first-order chi connectivity index (χ1) is 11.1. The second-order valence-electron chi connectivity index (χ2n) is 4.92. The van der Waals surface area contributed by atoms with E-state index in [0.29, 0.717) is 34.8 Å². The first kappa shape index (κ1) is 16.8. The van der Waals surface area contributed by atoms with Crippen LogP contribution in [0.5, 0.6) is 5.75 Å². The van der Waals surface area contributed by atoms with Crippen LogP contribution in [0.2, 0.25) is 0 Å². The van der Waals surface area contributed by atoms with Gasteiger partial charge in [0.1, 0.15) is 24.4 Å². The van der Waals surface area contributed by atoms with Gasteiger partial charge in [-0.15, -0.1) is 0 Å². The van der Waals surface area contributed by atoms with E-state index in [1.165, 1.54) is 0 Å². The van der Waals surface area contributed by atoms with Crippen molar-refractivity contribution in [3.05, 3.63) is 30.1 Å². The fourth-order valence-electron chi connectivity index (χ4n) is 1.82. The highest BCUT2D eigenvalue weighted by atomic mass is 19.1. The van der Waals surface area contributed by atoms with Crippen LogP contribution in [0.4, 0.5) is 10.4 Å². The summed E-state index contributed by atoms with van der Waals surface area (Å²) in [5, 5.41) is 2.53. The summed E-state index contributed by atoms with van der Waals surface area (Å²) >= 11 is 0. The van der Waals surface area contributed by atoms with E-state index in [1.54, 1.807) is 37.2 Å². The zero-order valence-corrected chi connectivity index (χ0v) is 13.0. The van der Waals surface area contributed by atoms with Gasteiger partial charge in [0.2, 0.25) is 5.91 Å². The fraction of sp³-hybridized carbons (Fsp3) is 0.333. The number of hydrogen-bond donors (Lipinski definition) is 2. The summed E-state index contributed by atoms with van der Waals surface area (Å²) in [5.74, 6) is 0.369. The second-order valence-corrected chi connectivity index (χ2v) is 4.92. The SMILES string of the molecule is CNC(=O)CN(C)c1nc2ccc(OC/C(=C\F)CN)cc2o1. The third-order valence-electron chi connectivity index (χ3n) is 3.18. The Balaban J connectivity index is 2.12. The summed E-state index contributed by atoms with van der Waals surface area (Å²) < 4.78 is 23.5. The molecule has 0 radical (unpaired) electrons. The van der Waals surface area contributed by atoms with Crippen LogP contribution < -0.4 is 20.7 Å². The standard InChI is InChI=1S/C15H19FN4O3/c1-18-14(21)8-20(2)15-19-12-4-3-11(5-13(12)23-15)22-9-10(6-16)7-17/h3-6H,7-9,17H2,1-2H3,(H,18,21)/b10-6-. The number of carbonyl (C=O) groups excluding carboxylic acids is 1. The Labute approximate surface area is 132 Å².